The van der Waals surface area contributed by atoms with Gasteiger partial charge >= 0.3 is 0 Å². The average Bonchev–Trinajstić information content (AvgIpc) is 2.38. The maximum absolute atomic E-state index is 6.75. The molecule has 2 heteroatoms. The Kier molecular flexibility index (Phi) is 2.72. The van der Waals surface area contributed by atoms with Crippen LogP contribution < -0.4 is 11.5 Å². The van der Waals surface area contributed by atoms with Crippen LogP contribution in [0.2, 0.25) is 0 Å². The van der Waals surface area contributed by atoms with Crippen molar-refractivity contribution in [2.24, 2.45) is 23.3 Å². The first-order chi connectivity index (χ1) is 8.24. The zero-order chi connectivity index (χ0) is 11.9. The van der Waals surface area contributed by atoms with Crippen LogP contribution in [0.5, 0.6) is 0 Å². The van der Waals surface area contributed by atoms with Gasteiger partial charge in [0.05, 0.1) is 0 Å². The summed E-state index contributed by atoms with van der Waals surface area (Å²) in [7, 11) is 0. The van der Waals surface area contributed by atoms with Gasteiger partial charge in [-0.25, -0.2) is 0 Å². The Hall–Kier alpha value is -0.860. The van der Waals surface area contributed by atoms with Crippen LogP contribution in [0.3, 0.4) is 0 Å². The van der Waals surface area contributed by atoms with E-state index in [9.17, 15) is 0 Å². The van der Waals surface area contributed by atoms with Gasteiger partial charge in [0.2, 0.25) is 0 Å². The molecule has 0 amide bonds. The number of aryl methyl sites for hydroxylation is 1. The Morgan fingerprint density at radius 2 is 2.06 bits per heavy atom. The van der Waals surface area contributed by atoms with Gasteiger partial charge in [0.15, 0.2) is 0 Å². The van der Waals surface area contributed by atoms with Crippen LogP contribution >= 0.6 is 0 Å². The van der Waals surface area contributed by atoms with E-state index >= 15 is 0 Å². The third-order valence-corrected chi connectivity index (χ3v) is 4.93. The third kappa shape index (κ3) is 1.71. The molecule has 2 aliphatic carbocycles. The maximum atomic E-state index is 6.75. The highest BCUT2D eigenvalue weighted by Crippen LogP contribution is 2.47. The summed E-state index contributed by atoms with van der Waals surface area (Å²) in [5, 5.41) is 0. The Balaban J connectivity index is 1.96. The van der Waals surface area contributed by atoms with E-state index in [0.29, 0.717) is 11.8 Å². The van der Waals surface area contributed by atoms with Crippen LogP contribution in [0.1, 0.15) is 36.8 Å². The van der Waals surface area contributed by atoms with E-state index in [1.165, 1.54) is 36.8 Å². The predicted molar refractivity (Wildman–Crippen MR) is 70.5 cm³/mol. The molecule has 4 N–H and O–H groups in total. The molecule has 0 saturated heterocycles. The van der Waals surface area contributed by atoms with Crippen molar-refractivity contribution < 1.29 is 0 Å². The van der Waals surface area contributed by atoms with Crippen LogP contribution in [-0.4, -0.2) is 6.54 Å². The fourth-order valence-corrected chi connectivity index (χ4v) is 3.84. The number of fused-ring (bicyclic) bond motifs is 3. The van der Waals surface area contributed by atoms with E-state index < -0.39 is 0 Å². The Labute approximate surface area is 103 Å². The summed E-state index contributed by atoms with van der Waals surface area (Å²) in [4.78, 5) is 0. The molecular weight excluding hydrogens is 208 g/mol. The van der Waals surface area contributed by atoms with E-state index in [1.54, 1.807) is 0 Å². The monoisotopic (exact) mass is 230 g/mol. The van der Waals surface area contributed by atoms with Crippen LogP contribution in [-0.2, 0) is 12.0 Å². The smallest absolute Gasteiger partial charge is 0.0441 e. The van der Waals surface area contributed by atoms with Crippen LogP contribution in [0.4, 0.5) is 0 Å². The summed E-state index contributed by atoms with van der Waals surface area (Å²) in [5.41, 5.74) is 15.4. The second-order valence-electron chi connectivity index (χ2n) is 5.81. The molecule has 3 atom stereocenters. The summed E-state index contributed by atoms with van der Waals surface area (Å²) in [5.74, 6) is 1.33. The van der Waals surface area contributed by atoms with Gasteiger partial charge < -0.3 is 11.5 Å². The van der Waals surface area contributed by atoms with Crippen LogP contribution in [0.25, 0.3) is 0 Å². The zero-order valence-corrected chi connectivity index (χ0v) is 10.4. The Bertz CT molecular complexity index is 415. The van der Waals surface area contributed by atoms with Crippen LogP contribution in [0, 0.1) is 11.8 Å². The molecule has 17 heavy (non-hydrogen) atoms. The van der Waals surface area contributed by atoms with Crippen molar-refractivity contribution >= 4 is 0 Å². The van der Waals surface area contributed by atoms with Crippen molar-refractivity contribution in [2.75, 3.05) is 6.54 Å². The molecule has 1 aromatic carbocycles. The Morgan fingerprint density at radius 1 is 1.24 bits per heavy atom. The molecule has 0 bridgehead atoms. The summed E-state index contributed by atoms with van der Waals surface area (Å²) < 4.78 is 0. The number of hydrogen-bond acceptors (Lipinski definition) is 2. The van der Waals surface area contributed by atoms with E-state index in [2.05, 4.69) is 24.3 Å². The van der Waals surface area contributed by atoms with Gasteiger partial charge in [0, 0.05) is 5.54 Å². The highest BCUT2D eigenvalue weighted by molar-refractivity contribution is 5.37. The quantitative estimate of drug-likeness (QED) is 0.777. The normalized spacial score (nSPS) is 36.1. The standard InChI is InChI=1S/C15H22N2/c16-10-11-7-8-15(17)13(9-11)6-5-12-3-1-2-4-14(12)15/h1-4,11,13H,5-10,16-17H2/t11?,13-,15-/m0/s1. The molecule has 1 saturated carbocycles. The first-order valence-corrected chi connectivity index (χ1v) is 6.81. The molecule has 0 spiro atoms. The van der Waals surface area contributed by atoms with Gasteiger partial charge in [-0.1, -0.05) is 24.3 Å². The number of rotatable bonds is 1. The molecule has 1 unspecified atom stereocenters. The lowest BCUT2D eigenvalue weighted by Crippen LogP contribution is -2.51. The highest BCUT2D eigenvalue weighted by atomic mass is 14.8. The lowest BCUT2D eigenvalue weighted by atomic mass is 9.61. The molecule has 92 valence electrons. The van der Waals surface area contributed by atoms with E-state index in [1.807, 2.05) is 0 Å². The van der Waals surface area contributed by atoms with E-state index in [4.69, 9.17) is 11.5 Å². The average molecular weight is 230 g/mol. The summed E-state index contributed by atoms with van der Waals surface area (Å²) >= 11 is 0. The minimum Gasteiger partial charge on any atom is -0.330 e. The van der Waals surface area contributed by atoms with Crippen molar-refractivity contribution in [3.05, 3.63) is 35.4 Å². The van der Waals surface area contributed by atoms with Crippen molar-refractivity contribution in [1.82, 2.24) is 0 Å². The van der Waals surface area contributed by atoms with Crippen molar-refractivity contribution in [3.8, 4) is 0 Å². The zero-order valence-electron chi connectivity index (χ0n) is 10.4. The molecule has 3 rings (SSSR count). The number of benzene rings is 1. The summed E-state index contributed by atoms with van der Waals surface area (Å²) in [6, 6.07) is 8.75. The first kappa shape index (κ1) is 11.2. The highest BCUT2D eigenvalue weighted by Gasteiger charge is 2.44. The number of nitrogens with two attached hydrogens (primary N) is 2. The SMILES string of the molecule is NCC1CC[C@@]2(N)c3ccccc3CC[C@H]2C1. The molecule has 1 aromatic rings. The van der Waals surface area contributed by atoms with E-state index in [-0.39, 0.29) is 5.54 Å². The molecule has 2 nitrogen and oxygen atoms in total. The molecule has 0 aromatic heterocycles. The topological polar surface area (TPSA) is 52.0 Å². The summed E-state index contributed by atoms with van der Waals surface area (Å²) in [6.45, 7) is 0.828. The predicted octanol–water partition coefficient (Wildman–Crippen LogP) is 2.16. The van der Waals surface area contributed by atoms with Gasteiger partial charge in [0.25, 0.3) is 0 Å². The maximum Gasteiger partial charge on any atom is 0.0441 e. The second-order valence-corrected chi connectivity index (χ2v) is 5.81. The molecule has 0 radical (unpaired) electrons. The fourth-order valence-electron chi connectivity index (χ4n) is 3.84. The van der Waals surface area contributed by atoms with E-state index in [0.717, 1.165) is 13.0 Å². The molecule has 0 heterocycles. The third-order valence-electron chi connectivity index (χ3n) is 4.93. The van der Waals surface area contributed by atoms with Gasteiger partial charge in [-0.2, -0.15) is 0 Å². The summed E-state index contributed by atoms with van der Waals surface area (Å²) in [6.07, 6.45) is 5.96. The second kappa shape index (κ2) is 4.11. The van der Waals surface area contributed by atoms with Gasteiger partial charge in [-0.15, -0.1) is 0 Å². The molecule has 0 aliphatic heterocycles. The van der Waals surface area contributed by atoms with Crippen LogP contribution in [0.15, 0.2) is 24.3 Å². The van der Waals surface area contributed by atoms with Gasteiger partial charge in [-0.3, -0.25) is 0 Å². The molecule has 1 fully saturated rings. The van der Waals surface area contributed by atoms with Crippen molar-refractivity contribution in [3.63, 3.8) is 0 Å². The molecular formula is C15H22N2. The lowest BCUT2D eigenvalue weighted by Gasteiger charge is -2.48. The van der Waals surface area contributed by atoms with Crippen molar-refractivity contribution in [2.45, 2.75) is 37.6 Å². The van der Waals surface area contributed by atoms with Gasteiger partial charge in [-0.05, 0) is 61.6 Å². The number of hydrogen-bond donors (Lipinski definition) is 2. The van der Waals surface area contributed by atoms with Gasteiger partial charge in [0.1, 0.15) is 0 Å². The minimum absolute atomic E-state index is 0.0689. The minimum atomic E-state index is -0.0689. The lowest BCUT2D eigenvalue weighted by molar-refractivity contribution is 0.125. The molecule has 2 aliphatic rings. The Morgan fingerprint density at radius 3 is 2.88 bits per heavy atom. The first-order valence-electron chi connectivity index (χ1n) is 6.81. The fraction of sp³-hybridized carbons (Fsp3) is 0.600. The van der Waals surface area contributed by atoms with Crippen molar-refractivity contribution in [1.29, 1.82) is 0 Å². The largest absolute Gasteiger partial charge is 0.330 e.